The van der Waals surface area contributed by atoms with E-state index in [1.54, 1.807) is 14.2 Å². The number of rotatable bonds is 14. The minimum atomic E-state index is -3.04. The number of nitrogens with zero attached hydrogens (tertiary/aromatic N) is 4. The molecule has 58 heavy (non-hydrogen) atoms. The minimum Gasteiger partial charge on any atom is -0.497 e. The fraction of sp³-hybridized carbons (Fsp3) is 0.474. The van der Waals surface area contributed by atoms with Crippen molar-refractivity contribution in [3.63, 3.8) is 0 Å². The molecular formula is C38H48ClN9O8S2. The van der Waals surface area contributed by atoms with Gasteiger partial charge in [-0.05, 0) is 74.6 Å². The summed E-state index contributed by atoms with van der Waals surface area (Å²) in [5.41, 5.74) is 6.26. The van der Waals surface area contributed by atoms with Crippen LogP contribution in [0.15, 0.2) is 30.9 Å². The molecule has 2 aliphatic carbocycles. The highest BCUT2D eigenvalue weighted by molar-refractivity contribution is 7.90. The van der Waals surface area contributed by atoms with Gasteiger partial charge in [0.1, 0.15) is 66.1 Å². The molecule has 2 aliphatic rings. The molecular weight excluding hydrogens is 810 g/mol. The molecule has 20 heteroatoms. The molecule has 1 aromatic carbocycles. The molecule has 0 radical (unpaired) electrons. The second kappa shape index (κ2) is 18.3. The molecule has 2 atom stereocenters. The molecule has 7 rings (SSSR count). The van der Waals surface area contributed by atoms with Gasteiger partial charge in [-0.25, -0.2) is 36.8 Å². The van der Waals surface area contributed by atoms with Crippen molar-refractivity contribution in [1.29, 1.82) is 0 Å². The van der Waals surface area contributed by atoms with E-state index >= 15 is 0 Å². The van der Waals surface area contributed by atoms with Crippen LogP contribution in [-0.4, -0.2) is 110 Å². The molecule has 312 valence electrons. The van der Waals surface area contributed by atoms with Crippen LogP contribution in [0.2, 0.25) is 5.15 Å². The summed E-state index contributed by atoms with van der Waals surface area (Å²) in [4.78, 5) is 48.8. The van der Waals surface area contributed by atoms with Gasteiger partial charge >= 0.3 is 0 Å². The van der Waals surface area contributed by atoms with Gasteiger partial charge in [0.25, 0.3) is 0 Å². The third-order valence-corrected chi connectivity index (χ3v) is 12.6. The fourth-order valence-corrected chi connectivity index (χ4v) is 8.99. The van der Waals surface area contributed by atoms with E-state index in [1.807, 2.05) is 18.2 Å². The van der Waals surface area contributed by atoms with Crippen molar-refractivity contribution < 1.29 is 35.9 Å². The van der Waals surface area contributed by atoms with Gasteiger partial charge in [0.05, 0.1) is 42.2 Å². The van der Waals surface area contributed by atoms with Crippen molar-refractivity contribution in [3.8, 4) is 11.5 Å². The number of anilines is 2. The van der Waals surface area contributed by atoms with Gasteiger partial charge in [-0.2, -0.15) is 0 Å². The van der Waals surface area contributed by atoms with Gasteiger partial charge in [-0.3, -0.25) is 9.59 Å². The number of aryl methyl sites for hydroxylation is 2. The summed E-state index contributed by atoms with van der Waals surface area (Å²) in [6.45, 7) is 0.710. The number of methoxy groups -OCH3 is 2. The number of ether oxygens (including phenoxy) is 2. The summed E-state index contributed by atoms with van der Waals surface area (Å²) in [6.07, 6.45) is 10.2. The molecule has 4 aromatic heterocycles. The van der Waals surface area contributed by atoms with Crippen molar-refractivity contribution in [2.24, 2.45) is 11.8 Å². The fourth-order valence-electron chi connectivity index (χ4n) is 7.40. The van der Waals surface area contributed by atoms with Gasteiger partial charge in [0, 0.05) is 54.9 Å². The maximum atomic E-state index is 12.8. The number of fused-ring (bicyclic) bond motifs is 6. The van der Waals surface area contributed by atoms with Crippen molar-refractivity contribution in [3.05, 3.63) is 58.5 Å². The number of halogens is 1. The van der Waals surface area contributed by atoms with Gasteiger partial charge in [0.15, 0.2) is 0 Å². The first-order valence-electron chi connectivity index (χ1n) is 18.9. The number of benzene rings is 1. The Balaban J connectivity index is 0.000000208. The molecule has 0 spiro atoms. The quantitative estimate of drug-likeness (QED) is 0.0793. The van der Waals surface area contributed by atoms with Crippen molar-refractivity contribution in [1.82, 2.24) is 40.5 Å². The predicted octanol–water partition coefficient (Wildman–Crippen LogP) is 3.64. The number of amides is 2. The number of H-pyrrole nitrogens is 2. The highest BCUT2D eigenvalue weighted by Crippen LogP contribution is 2.38. The van der Waals surface area contributed by atoms with Crippen LogP contribution in [0, 0.1) is 11.8 Å². The lowest BCUT2D eigenvalue weighted by molar-refractivity contribution is -0.126. The van der Waals surface area contributed by atoms with E-state index in [1.165, 1.54) is 25.2 Å². The molecule has 5 aromatic rings. The van der Waals surface area contributed by atoms with Gasteiger partial charge in [-0.1, -0.05) is 11.6 Å². The Labute approximate surface area is 341 Å². The average molecular weight is 858 g/mol. The van der Waals surface area contributed by atoms with Crippen molar-refractivity contribution >= 4 is 76.7 Å². The minimum absolute atomic E-state index is 0.0449. The Morgan fingerprint density at radius 1 is 0.776 bits per heavy atom. The summed E-state index contributed by atoms with van der Waals surface area (Å²) in [6, 6.07) is 5.46. The third-order valence-electron chi connectivity index (χ3n) is 10.3. The van der Waals surface area contributed by atoms with Gasteiger partial charge < -0.3 is 35.4 Å². The van der Waals surface area contributed by atoms with Crippen LogP contribution in [0.5, 0.6) is 11.5 Å². The number of hydrogen-bond acceptors (Lipinski definition) is 13. The third kappa shape index (κ3) is 10.5. The van der Waals surface area contributed by atoms with Crippen LogP contribution >= 0.6 is 11.6 Å². The molecule has 2 unspecified atom stereocenters. The lowest BCUT2D eigenvalue weighted by Crippen LogP contribution is -2.35. The molecule has 5 N–H and O–H groups in total. The van der Waals surface area contributed by atoms with Gasteiger partial charge in [-0.15, -0.1) is 0 Å². The van der Waals surface area contributed by atoms with E-state index in [2.05, 4.69) is 45.9 Å². The second-order valence-corrected chi connectivity index (χ2v) is 19.5. The Bertz CT molecular complexity index is 2530. The molecule has 2 amide bonds. The Morgan fingerprint density at radius 3 is 1.84 bits per heavy atom. The first-order valence-corrected chi connectivity index (χ1v) is 23.4. The van der Waals surface area contributed by atoms with E-state index in [-0.39, 0.29) is 35.2 Å². The molecule has 0 saturated heterocycles. The van der Waals surface area contributed by atoms with Crippen LogP contribution in [0.25, 0.3) is 22.1 Å². The van der Waals surface area contributed by atoms with Crippen LogP contribution < -0.4 is 25.4 Å². The van der Waals surface area contributed by atoms with E-state index < -0.39 is 19.7 Å². The number of carbonyl (C=O) groups is 2. The smallest absolute Gasteiger partial charge is 0.223 e. The van der Waals surface area contributed by atoms with Gasteiger partial charge in [0.2, 0.25) is 11.8 Å². The molecule has 17 nitrogen and oxygen atoms in total. The van der Waals surface area contributed by atoms with Crippen LogP contribution in [0.4, 0.5) is 11.5 Å². The van der Waals surface area contributed by atoms with Crippen LogP contribution in [0.1, 0.15) is 48.2 Å². The van der Waals surface area contributed by atoms with Crippen LogP contribution in [0.3, 0.4) is 0 Å². The monoisotopic (exact) mass is 857 g/mol. The molecule has 4 heterocycles. The number of aromatic nitrogens is 6. The summed E-state index contributed by atoms with van der Waals surface area (Å²) in [7, 11) is -2.83. The lowest BCUT2D eigenvalue weighted by atomic mass is 9.86. The van der Waals surface area contributed by atoms with E-state index in [0.717, 1.165) is 52.5 Å². The highest BCUT2D eigenvalue weighted by Gasteiger charge is 2.30. The Morgan fingerprint density at radius 2 is 1.31 bits per heavy atom. The highest BCUT2D eigenvalue weighted by atomic mass is 35.5. The maximum absolute atomic E-state index is 12.8. The molecule has 0 aliphatic heterocycles. The van der Waals surface area contributed by atoms with Crippen molar-refractivity contribution in [2.45, 2.75) is 51.4 Å². The Hall–Kier alpha value is -5.01. The zero-order valence-electron chi connectivity index (χ0n) is 32.8. The largest absolute Gasteiger partial charge is 0.497 e. The zero-order chi connectivity index (χ0) is 41.6. The predicted molar refractivity (Wildman–Crippen MR) is 221 cm³/mol. The molecule has 0 bridgehead atoms. The first kappa shape index (κ1) is 42.6. The standard InChI is InChI=1S/C23H29N5O5S.C15H19ClN4O3S/c1-32-15-6-8-19(33-2)18(12-15)28-22-20-16-11-14(23(29)24-9-4-10-34(3,30)31)5-7-17(16)27-21(20)25-13-26-22;1-24(22,23)6-2-5-17-15(21)9-3-4-11-10(7-9)12-13(16)18-8-19-14(12)20-11/h6,8,12-14H,4-5,7,9-11H2,1-3H3,(H,24,29)(H2,25,26,27,28);8-9H,2-7H2,1H3,(H,17,21)(H,18,19,20). The normalized spacial score (nSPS) is 16.4. The lowest BCUT2D eigenvalue weighted by Gasteiger charge is -2.22. The Kier molecular flexibility index (Phi) is 13.4. The van der Waals surface area contributed by atoms with E-state index in [0.29, 0.717) is 84.6 Å². The SMILES string of the molecule is COc1ccc(OC)c(Nc2ncnc3[nH]c4c(c23)CC(C(=O)NCCCS(C)(=O)=O)CC4)c1.CS(=O)(=O)CCCNC(=O)C1CCc2[nH]c3ncnc(Cl)c3c2C1. The van der Waals surface area contributed by atoms with Crippen LogP contribution in [-0.2, 0) is 54.9 Å². The number of carbonyl (C=O) groups excluding carboxylic acids is 2. The van der Waals surface area contributed by atoms with Crippen molar-refractivity contribution in [2.75, 3.05) is 56.6 Å². The average Bonchev–Trinajstić information content (AvgIpc) is 3.76. The first-order chi connectivity index (χ1) is 27.6. The number of hydrogen-bond donors (Lipinski definition) is 5. The van der Waals surface area contributed by atoms with E-state index in [4.69, 9.17) is 21.1 Å². The topological polar surface area (TPSA) is 240 Å². The summed E-state index contributed by atoms with van der Waals surface area (Å²) < 4.78 is 55.6. The summed E-state index contributed by atoms with van der Waals surface area (Å²) >= 11 is 6.18. The maximum Gasteiger partial charge on any atom is 0.223 e. The summed E-state index contributed by atoms with van der Waals surface area (Å²) in [5.74, 6) is 1.62. The summed E-state index contributed by atoms with van der Waals surface area (Å²) in [5, 5.41) is 11.1. The second-order valence-electron chi connectivity index (χ2n) is 14.6. The number of sulfone groups is 2. The number of nitrogens with one attached hydrogen (secondary N) is 5. The number of aromatic amines is 2. The molecule has 0 saturated carbocycles. The van der Waals surface area contributed by atoms with E-state index in [9.17, 15) is 26.4 Å². The molecule has 0 fully saturated rings. The zero-order valence-corrected chi connectivity index (χ0v) is 35.2.